The molecule has 3 N–H and O–H groups in total. The number of nitrogens with zero attached hydrogens (tertiary/aromatic N) is 3. The minimum Gasteiger partial charge on any atom is -0.393 e. The number of aromatic nitrogens is 2. The molecule has 1 aromatic carbocycles. The van der Waals surface area contributed by atoms with Crippen LogP contribution in [0.1, 0.15) is 0 Å². The van der Waals surface area contributed by atoms with E-state index >= 15 is 0 Å². The van der Waals surface area contributed by atoms with E-state index in [1.54, 1.807) is 0 Å². The second kappa shape index (κ2) is 6.15. The topological polar surface area (TPSA) is 76.3 Å². The van der Waals surface area contributed by atoms with E-state index in [2.05, 4.69) is 20.2 Å². The van der Waals surface area contributed by atoms with Crippen molar-refractivity contribution in [3.05, 3.63) is 35.6 Å². The largest absolute Gasteiger partial charge is 0.393 e. The summed E-state index contributed by atoms with van der Waals surface area (Å²) in [6, 6.07) is 7.45. The normalized spacial score (nSPS) is 15.0. The summed E-state index contributed by atoms with van der Waals surface area (Å²) in [7, 11) is 0. The van der Waals surface area contributed by atoms with E-state index in [9.17, 15) is 0 Å². The lowest BCUT2D eigenvalue weighted by molar-refractivity contribution is 0.122. The van der Waals surface area contributed by atoms with Crippen molar-refractivity contribution in [2.45, 2.75) is 0 Å². The van der Waals surface area contributed by atoms with Crippen LogP contribution in [-0.4, -0.2) is 36.3 Å². The molecule has 0 spiro atoms. The lowest BCUT2D eigenvalue weighted by Gasteiger charge is -2.29. The van der Waals surface area contributed by atoms with Crippen LogP contribution in [0.4, 0.5) is 23.0 Å². The van der Waals surface area contributed by atoms with Crippen molar-refractivity contribution in [2.24, 2.45) is 0 Å². The second-order valence-corrected chi connectivity index (χ2v) is 5.07. The van der Waals surface area contributed by atoms with Gasteiger partial charge in [-0.15, -0.1) is 0 Å². The Morgan fingerprint density at radius 1 is 1.19 bits per heavy atom. The molecule has 21 heavy (non-hydrogen) atoms. The lowest BCUT2D eigenvalue weighted by atomic mass is 10.3. The molecule has 1 aromatic heterocycles. The zero-order valence-electron chi connectivity index (χ0n) is 11.4. The molecule has 0 bridgehead atoms. The number of para-hydroxylation sites is 1. The summed E-state index contributed by atoms with van der Waals surface area (Å²) in [5.41, 5.74) is 7.47. The fraction of sp³-hybridized carbons (Fsp3) is 0.286. The number of hydrogen-bond acceptors (Lipinski definition) is 6. The fourth-order valence-corrected chi connectivity index (χ4v) is 2.39. The summed E-state index contributed by atoms with van der Waals surface area (Å²) < 4.78 is 5.34. The zero-order chi connectivity index (χ0) is 14.7. The van der Waals surface area contributed by atoms with Gasteiger partial charge in [0.25, 0.3) is 0 Å². The van der Waals surface area contributed by atoms with Crippen molar-refractivity contribution in [1.82, 2.24) is 9.97 Å². The minimum atomic E-state index is 0.513. The average Bonchev–Trinajstić information content (AvgIpc) is 2.52. The lowest BCUT2D eigenvalue weighted by Crippen LogP contribution is -2.37. The van der Waals surface area contributed by atoms with Gasteiger partial charge in [-0.1, -0.05) is 23.7 Å². The first-order valence-electron chi connectivity index (χ1n) is 6.70. The maximum atomic E-state index is 6.20. The molecule has 1 saturated heterocycles. The molecule has 0 aliphatic carbocycles. The molecule has 0 atom stereocenters. The Hall–Kier alpha value is -2.05. The Kier molecular flexibility index (Phi) is 4.08. The van der Waals surface area contributed by atoms with Crippen molar-refractivity contribution in [3.8, 4) is 0 Å². The standard InChI is InChI=1S/C14H16ClN5O/c15-10-3-1-2-4-11(10)19-13-12(16)14(18-9-17-13)20-5-7-21-8-6-20/h1-4,9H,5-8,16H2,(H,17,18,19). The van der Waals surface area contributed by atoms with Gasteiger partial charge >= 0.3 is 0 Å². The van der Waals surface area contributed by atoms with E-state index in [4.69, 9.17) is 22.1 Å². The molecule has 2 heterocycles. The first-order chi connectivity index (χ1) is 10.3. The number of ether oxygens (including phenoxy) is 1. The van der Waals surface area contributed by atoms with E-state index in [0.717, 1.165) is 24.6 Å². The van der Waals surface area contributed by atoms with Gasteiger partial charge < -0.3 is 20.7 Å². The van der Waals surface area contributed by atoms with Crippen LogP contribution in [0, 0.1) is 0 Å². The van der Waals surface area contributed by atoms with Crippen molar-refractivity contribution in [1.29, 1.82) is 0 Å². The molecule has 0 amide bonds. The van der Waals surface area contributed by atoms with E-state index < -0.39 is 0 Å². The van der Waals surface area contributed by atoms with Crippen molar-refractivity contribution >= 4 is 34.6 Å². The molecular weight excluding hydrogens is 290 g/mol. The third-order valence-electron chi connectivity index (χ3n) is 3.30. The molecule has 6 nitrogen and oxygen atoms in total. The Bertz CT molecular complexity index is 631. The number of benzene rings is 1. The van der Waals surface area contributed by atoms with Gasteiger partial charge in [0.05, 0.1) is 23.9 Å². The molecule has 1 fully saturated rings. The van der Waals surface area contributed by atoms with Crippen LogP contribution in [0.2, 0.25) is 5.02 Å². The predicted molar refractivity (Wildman–Crippen MR) is 84.2 cm³/mol. The Labute approximate surface area is 127 Å². The molecule has 110 valence electrons. The molecule has 0 unspecified atom stereocenters. The highest BCUT2D eigenvalue weighted by Gasteiger charge is 2.18. The molecule has 2 aromatic rings. The fourth-order valence-electron chi connectivity index (χ4n) is 2.20. The Balaban J connectivity index is 1.88. The summed E-state index contributed by atoms with van der Waals surface area (Å²) in [5, 5.41) is 3.77. The number of nitrogens with two attached hydrogens (primary N) is 1. The van der Waals surface area contributed by atoms with Crippen molar-refractivity contribution < 1.29 is 4.74 Å². The molecule has 3 rings (SSSR count). The van der Waals surface area contributed by atoms with Gasteiger partial charge in [0.1, 0.15) is 12.0 Å². The molecule has 1 aliphatic heterocycles. The number of anilines is 4. The Morgan fingerprint density at radius 2 is 1.95 bits per heavy atom. The highest BCUT2D eigenvalue weighted by Crippen LogP contribution is 2.31. The highest BCUT2D eigenvalue weighted by molar-refractivity contribution is 6.33. The summed E-state index contributed by atoms with van der Waals surface area (Å²) in [6.07, 6.45) is 1.50. The van der Waals surface area contributed by atoms with Crippen LogP contribution < -0.4 is 16.0 Å². The first-order valence-corrected chi connectivity index (χ1v) is 7.08. The van der Waals surface area contributed by atoms with E-state index in [1.807, 2.05) is 24.3 Å². The average molecular weight is 306 g/mol. The van der Waals surface area contributed by atoms with Crippen molar-refractivity contribution in [2.75, 3.05) is 42.3 Å². The van der Waals surface area contributed by atoms with Crippen LogP contribution in [0.3, 0.4) is 0 Å². The van der Waals surface area contributed by atoms with Crippen molar-refractivity contribution in [3.63, 3.8) is 0 Å². The van der Waals surface area contributed by atoms with E-state index in [1.165, 1.54) is 6.33 Å². The maximum Gasteiger partial charge on any atom is 0.159 e. The van der Waals surface area contributed by atoms with Crippen LogP contribution >= 0.6 is 11.6 Å². The van der Waals surface area contributed by atoms with Gasteiger partial charge in [0.2, 0.25) is 0 Å². The monoisotopic (exact) mass is 305 g/mol. The Morgan fingerprint density at radius 3 is 2.71 bits per heavy atom. The van der Waals surface area contributed by atoms with Gasteiger partial charge in [-0.05, 0) is 12.1 Å². The predicted octanol–water partition coefficient (Wildman–Crippen LogP) is 2.29. The highest BCUT2D eigenvalue weighted by atomic mass is 35.5. The minimum absolute atomic E-state index is 0.513. The van der Waals surface area contributed by atoms with Crippen LogP contribution in [0.5, 0.6) is 0 Å². The van der Waals surface area contributed by atoms with Crippen LogP contribution in [-0.2, 0) is 4.74 Å². The zero-order valence-corrected chi connectivity index (χ0v) is 12.2. The third kappa shape index (κ3) is 3.01. The van der Waals surface area contributed by atoms with Crippen LogP contribution in [0.25, 0.3) is 0 Å². The summed E-state index contributed by atoms with van der Waals surface area (Å²) >= 11 is 6.14. The second-order valence-electron chi connectivity index (χ2n) is 4.66. The van der Waals surface area contributed by atoms with Gasteiger partial charge in [-0.25, -0.2) is 9.97 Å². The third-order valence-corrected chi connectivity index (χ3v) is 3.63. The molecule has 0 saturated carbocycles. The van der Waals surface area contributed by atoms with Gasteiger partial charge in [0, 0.05) is 13.1 Å². The van der Waals surface area contributed by atoms with Crippen LogP contribution in [0.15, 0.2) is 30.6 Å². The summed E-state index contributed by atoms with van der Waals surface area (Å²) in [4.78, 5) is 10.6. The van der Waals surface area contributed by atoms with Gasteiger partial charge in [-0.2, -0.15) is 0 Å². The molecule has 7 heteroatoms. The summed E-state index contributed by atoms with van der Waals surface area (Å²) in [6.45, 7) is 2.90. The molecule has 0 radical (unpaired) electrons. The van der Waals surface area contributed by atoms with E-state index in [-0.39, 0.29) is 0 Å². The quantitative estimate of drug-likeness (QED) is 0.906. The number of hydrogen-bond donors (Lipinski definition) is 2. The number of rotatable bonds is 3. The smallest absolute Gasteiger partial charge is 0.159 e. The summed E-state index contributed by atoms with van der Waals surface area (Å²) in [5.74, 6) is 1.28. The van der Waals surface area contributed by atoms with Gasteiger partial charge in [0.15, 0.2) is 11.6 Å². The number of nitrogens with one attached hydrogen (secondary N) is 1. The molecular formula is C14H16ClN5O. The maximum absolute atomic E-state index is 6.20. The van der Waals surface area contributed by atoms with Gasteiger partial charge in [-0.3, -0.25) is 0 Å². The number of morpholine rings is 1. The SMILES string of the molecule is Nc1c(Nc2ccccc2Cl)ncnc1N1CCOCC1. The number of halogens is 1. The molecule has 1 aliphatic rings. The number of nitrogen functional groups attached to an aromatic ring is 1. The van der Waals surface area contributed by atoms with E-state index in [0.29, 0.717) is 29.7 Å². The first kappa shape index (κ1) is 13.9.